The van der Waals surface area contributed by atoms with Crippen molar-refractivity contribution in [3.63, 3.8) is 0 Å². The Morgan fingerprint density at radius 1 is 1.16 bits per heavy atom. The minimum atomic E-state index is 0.00856. The van der Waals surface area contributed by atoms with E-state index in [0.717, 1.165) is 24.4 Å². The van der Waals surface area contributed by atoms with Gasteiger partial charge in [-0.05, 0) is 37.9 Å². The monoisotopic (exact) mass is 256 g/mol. The standard InChI is InChI=1S/C15H20N4/c1-4-5-18-15(13-10-16-6-7-17-13)14-12(3)8-11(2)9-19-14/h6-10,15,18H,4-5H2,1-3H3. The molecule has 19 heavy (non-hydrogen) atoms. The lowest BCUT2D eigenvalue weighted by atomic mass is 10.0. The van der Waals surface area contributed by atoms with Gasteiger partial charge in [0.15, 0.2) is 0 Å². The Morgan fingerprint density at radius 3 is 2.63 bits per heavy atom. The fourth-order valence-electron chi connectivity index (χ4n) is 2.12. The van der Waals surface area contributed by atoms with Crippen LogP contribution in [0, 0.1) is 13.8 Å². The highest BCUT2D eigenvalue weighted by atomic mass is 15.0. The predicted octanol–water partition coefficient (Wildman–Crippen LogP) is 2.58. The molecule has 100 valence electrons. The molecule has 0 fully saturated rings. The molecule has 4 nitrogen and oxygen atoms in total. The average Bonchev–Trinajstić information content (AvgIpc) is 2.42. The fourth-order valence-corrected chi connectivity index (χ4v) is 2.12. The van der Waals surface area contributed by atoms with E-state index in [1.807, 2.05) is 6.20 Å². The van der Waals surface area contributed by atoms with Crippen LogP contribution in [0.15, 0.2) is 30.9 Å². The SMILES string of the molecule is CCCNC(c1cnccn1)c1ncc(C)cc1C. The third-order valence-corrected chi connectivity index (χ3v) is 3.01. The number of pyridine rings is 1. The van der Waals surface area contributed by atoms with Crippen molar-refractivity contribution < 1.29 is 0 Å². The van der Waals surface area contributed by atoms with Gasteiger partial charge < -0.3 is 5.32 Å². The van der Waals surface area contributed by atoms with Crippen LogP contribution in [0.1, 0.15) is 41.9 Å². The molecule has 1 unspecified atom stereocenters. The van der Waals surface area contributed by atoms with Gasteiger partial charge in [-0.1, -0.05) is 13.0 Å². The molecular weight excluding hydrogens is 236 g/mol. The highest BCUT2D eigenvalue weighted by molar-refractivity contribution is 5.30. The van der Waals surface area contributed by atoms with Crippen LogP contribution in [0.4, 0.5) is 0 Å². The summed E-state index contributed by atoms with van der Waals surface area (Å²) >= 11 is 0. The minimum absolute atomic E-state index is 0.00856. The van der Waals surface area contributed by atoms with Gasteiger partial charge in [0.1, 0.15) is 0 Å². The van der Waals surface area contributed by atoms with Gasteiger partial charge in [0.2, 0.25) is 0 Å². The van der Waals surface area contributed by atoms with Crippen LogP contribution in [-0.2, 0) is 0 Å². The third kappa shape index (κ3) is 3.35. The Bertz CT molecular complexity index is 525. The second kappa shape index (κ2) is 6.38. The van der Waals surface area contributed by atoms with E-state index in [0.29, 0.717) is 0 Å². The maximum Gasteiger partial charge on any atom is 0.0943 e. The molecule has 0 aliphatic heterocycles. The first kappa shape index (κ1) is 13.6. The van der Waals surface area contributed by atoms with Gasteiger partial charge in [-0.2, -0.15) is 0 Å². The molecule has 0 bridgehead atoms. The molecule has 0 spiro atoms. The van der Waals surface area contributed by atoms with Gasteiger partial charge in [-0.3, -0.25) is 15.0 Å². The number of aromatic nitrogens is 3. The first-order valence-electron chi connectivity index (χ1n) is 6.64. The summed E-state index contributed by atoms with van der Waals surface area (Å²) < 4.78 is 0. The van der Waals surface area contributed by atoms with E-state index in [1.165, 1.54) is 11.1 Å². The van der Waals surface area contributed by atoms with Gasteiger partial charge in [0, 0.05) is 18.6 Å². The summed E-state index contributed by atoms with van der Waals surface area (Å²) in [7, 11) is 0. The highest BCUT2D eigenvalue weighted by Gasteiger charge is 2.18. The van der Waals surface area contributed by atoms with Gasteiger partial charge in [0.05, 0.1) is 23.6 Å². The number of nitrogens with one attached hydrogen (secondary N) is 1. The molecule has 0 aliphatic rings. The largest absolute Gasteiger partial charge is 0.304 e. The van der Waals surface area contributed by atoms with Crippen LogP contribution in [-0.4, -0.2) is 21.5 Å². The van der Waals surface area contributed by atoms with E-state index >= 15 is 0 Å². The molecule has 4 heteroatoms. The molecule has 0 saturated heterocycles. The number of hydrogen-bond donors (Lipinski definition) is 1. The van der Waals surface area contributed by atoms with E-state index in [4.69, 9.17) is 0 Å². The van der Waals surface area contributed by atoms with Crippen molar-refractivity contribution in [1.82, 2.24) is 20.3 Å². The second-order valence-electron chi connectivity index (χ2n) is 4.73. The average molecular weight is 256 g/mol. The molecule has 2 heterocycles. The molecular formula is C15H20N4. The zero-order valence-electron chi connectivity index (χ0n) is 11.7. The maximum atomic E-state index is 4.58. The van der Waals surface area contributed by atoms with E-state index in [1.54, 1.807) is 18.6 Å². The smallest absolute Gasteiger partial charge is 0.0943 e. The number of aryl methyl sites for hydroxylation is 2. The second-order valence-corrected chi connectivity index (χ2v) is 4.73. The van der Waals surface area contributed by atoms with Crippen LogP contribution in [0.5, 0.6) is 0 Å². The van der Waals surface area contributed by atoms with E-state index < -0.39 is 0 Å². The number of hydrogen-bond acceptors (Lipinski definition) is 4. The zero-order valence-corrected chi connectivity index (χ0v) is 11.7. The molecule has 0 radical (unpaired) electrons. The highest BCUT2D eigenvalue weighted by Crippen LogP contribution is 2.21. The lowest BCUT2D eigenvalue weighted by Crippen LogP contribution is -2.25. The fraction of sp³-hybridized carbons (Fsp3) is 0.400. The van der Waals surface area contributed by atoms with Crippen molar-refractivity contribution in [3.05, 3.63) is 53.4 Å². The summed E-state index contributed by atoms with van der Waals surface area (Å²) in [6.45, 7) is 7.22. The Balaban J connectivity index is 2.37. The molecule has 2 rings (SSSR count). The first-order valence-corrected chi connectivity index (χ1v) is 6.64. The van der Waals surface area contributed by atoms with Crippen LogP contribution in [0.25, 0.3) is 0 Å². The van der Waals surface area contributed by atoms with Crippen molar-refractivity contribution in [2.45, 2.75) is 33.2 Å². The summed E-state index contributed by atoms with van der Waals surface area (Å²) in [6.07, 6.45) is 8.19. The summed E-state index contributed by atoms with van der Waals surface area (Å²) in [5.41, 5.74) is 4.30. The predicted molar refractivity (Wildman–Crippen MR) is 75.9 cm³/mol. The van der Waals surface area contributed by atoms with Gasteiger partial charge in [-0.15, -0.1) is 0 Å². The zero-order chi connectivity index (χ0) is 13.7. The van der Waals surface area contributed by atoms with E-state index in [-0.39, 0.29) is 6.04 Å². The van der Waals surface area contributed by atoms with Crippen LogP contribution < -0.4 is 5.32 Å². The van der Waals surface area contributed by atoms with Gasteiger partial charge >= 0.3 is 0 Å². The summed E-state index contributed by atoms with van der Waals surface area (Å²) in [5, 5.41) is 3.50. The molecule has 0 saturated carbocycles. The molecule has 2 aromatic rings. The lowest BCUT2D eigenvalue weighted by Gasteiger charge is -2.19. The third-order valence-electron chi connectivity index (χ3n) is 3.01. The topological polar surface area (TPSA) is 50.7 Å². The molecule has 1 atom stereocenters. The molecule has 2 aromatic heterocycles. The van der Waals surface area contributed by atoms with Crippen molar-refractivity contribution in [3.8, 4) is 0 Å². The Hall–Kier alpha value is -1.81. The Kier molecular flexibility index (Phi) is 4.58. The molecule has 1 N–H and O–H groups in total. The minimum Gasteiger partial charge on any atom is -0.304 e. The molecule has 0 aliphatic carbocycles. The van der Waals surface area contributed by atoms with Crippen molar-refractivity contribution in [2.75, 3.05) is 6.54 Å². The normalized spacial score (nSPS) is 12.4. The van der Waals surface area contributed by atoms with Crippen molar-refractivity contribution >= 4 is 0 Å². The Morgan fingerprint density at radius 2 is 2.00 bits per heavy atom. The Labute approximate surface area is 114 Å². The lowest BCUT2D eigenvalue weighted by molar-refractivity contribution is 0.569. The molecule has 0 amide bonds. The van der Waals surface area contributed by atoms with Gasteiger partial charge in [-0.25, -0.2) is 0 Å². The summed E-state index contributed by atoms with van der Waals surface area (Å²) in [5.74, 6) is 0. The maximum absolute atomic E-state index is 4.58. The first-order chi connectivity index (χ1) is 9.22. The summed E-state index contributed by atoms with van der Waals surface area (Å²) in [6, 6.07) is 2.16. The molecule has 0 aromatic carbocycles. The van der Waals surface area contributed by atoms with E-state index in [2.05, 4.69) is 47.1 Å². The van der Waals surface area contributed by atoms with Gasteiger partial charge in [0.25, 0.3) is 0 Å². The van der Waals surface area contributed by atoms with Crippen LogP contribution in [0.3, 0.4) is 0 Å². The van der Waals surface area contributed by atoms with Crippen LogP contribution in [0.2, 0.25) is 0 Å². The number of nitrogens with zero attached hydrogens (tertiary/aromatic N) is 3. The van der Waals surface area contributed by atoms with Crippen molar-refractivity contribution in [2.24, 2.45) is 0 Å². The van der Waals surface area contributed by atoms with Crippen molar-refractivity contribution in [1.29, 1.82) is 0 Å². The van der Waals surface area contributed by atoms with Crippen LogP contribution >= 0.6 is 0 Å². The summed E-state index contributed by atoms with van der Waals surface area (Å²) in [4.78, 5) is 13.1. The quantitative estimate of drug-likeness (QED) is 0.893. The van der Waals surface area contributed by atoms with E-state index in [9.17, 15) is 0 Å². The number of rotatable bonds is 5.